The Bertz CT molecular complexity index is 610. The highest BCUT2D eigenvalue weighted by molar-refractivity contribution is 8.00. The Labute approximate surface area is 161 Å². The topological polar surface area (TPSA) is 61.4 Å². The van der Waals surface area contributed by atoms with Crippen molar-refractivity contribution in [2.45, 2.75) is 62.6 Å². The monoisotopic (exact) mass is 377 g/mol. The molecule has 0 aromatic heterocycles. The number of piperidine rings is 1. The first-order valence-electron chi connectivity index (χ1n) is 9.35. The normalized spacial score (nSPS) is 16.8. The van der Waals surface area contributed by atoms with Crippen LogP contribution >= 0.6 is 11.8 Å². The second-order valence-corrected chi connectivity index (χ2v) is 8.96. The maximum Gasteiger partial charge on any atom is 0.233 e. The van der Waals surface area contributed by atoms with Crippen LogP contribution in [-0.2, 0) is 9.59 Å². The highest BCUT2D eigenvalue weighted by Crippen LogP contribution is 2.25. The van der Waals surface area contributed by atoms with E-state index in [4.69, 9.17) is 0 Å². The molecule has 1 aliphatic rings. The van der Waals surface area contributed by atoms with E-state index in [2.05, 4.69) is 29.4 Å². The molecule has 0 bridgehead atoms. The quantitative estimate of drug-likeness (QED) is 0.714. The minimum Gasteiger partial charge on any atom is -0.353 e. The zero-order valence-corrected chi connectivity index (χ0v) is 17.1. The summed E-state index contributed by atoms with van der Waals surface area (Å²) < 4.78 is 0. The van der Waals surface area contributed by atoms with Crippen molar-refractivity contribution in [1.82, 2.24) is 10.2 Å². The molecule has 5 nitrogen and oxygen atoms in total. The molecule has 1 saturated heterocycles. The number of nitrogens with zero attached hydrogens (tertiary/aromatic N) is 1. The fraction of sp³-hybridized carbons (Fsp3) is 0.600. The second kappa shape index (κ2) is 9.42. The first-order valence-corrected chi connectivity index (χ1v) is 10.2. The third-order valence-electron chi connectivity index (χ3n) is 4.76. The maximum atomic E-state index is 12.5. The van der Waals surface area contributed by atoms with E-state index >= 15 is 0 Å². The van der Waals surface area contributed by atoms with Gasteiger partial charge < -0.3 is 10.6 Å². The highest BCUT2D eigenvalue weighted by atomic mass is 32.2. The van der Waals surface area contributed by atoms with E-state index < -0.39 is 0 Å². The SMILES string of the molecule is CC(=O)Nc1ccc(SC(C)C(=O)NCC(C)(C)N2CCCCC2)cc1. The molecule has 2 amide bonds. The Morgan fingerprint density at radius 2 is 1.77 bits per heavy atom. The second-order valence-electron chi connectivity index (χ2n) is 7.54. The van der Waals surface area contributed by atoms with Gasteiger partial charge in [-0.25, -0.2) is 0 Å². The van der Waals surface area contributed by atoms with Crippen LogP contribution < -0.4 is 10.6 Å². The average molecular weight is 378 g/mol. The fourth-order valence-electron chi connectivity index (χ4n) is 3.14. The summed E-state index contributed by atoms with van der Waals surface area (Å²) in [5.74, 6) is -0.0273. The average Bonchev–Trinajstić information content (AvgIpc) is 2.61. The minimum absolute atomic E-state index is 0.0134. The molecular weight excluding hydrogens is 346 g/mol. The molecular formula is C20H31N3O2S. The third-order valence-corrected chi connectivity index (χ3v) is 5.88. The summed E-state index contributed by atoms with van der Waals surface area (Å²) >= 11 is 1.53. The number of benzene rings is 1. The number of thioether (sulfide) groups is 1. The molecule has 6 heteroatoms. The van der Waals surface area contributed by atoms with E-state index in [9.17, 15) is 9.59 Å². The number of rotatable bonds is 7. The van der Waals surface area contributed by atoms with Crippen molar-refractivity contribution in [2.24, 2.45) is 0 Å². The van der Waals surface area contributed by atoms with Crippen LogP contribution in [-0.4, -0.2) is 47.1 Å². The van der Waals surface area contributed by atoms with Gasteiger partial charge in [0.05, 0.1) is 5.25 Å². The molecule has 1 unspecified atom stereocenters. The Balaban J connectivity index is 1.82. The fourth-order valence-corrected chi connectivity index (χ4v) is 4.03. The Morgan fingerprint density at radius 3 is 2.35 bits per heavy atom. The molecule has 144 valence electrons. The summed E-state index contributed by atoms with van der Waals surface area (Å²) in [5, 5.41) is 5.70. The Kier molecular flexibility index (Phi) is 7.53. The van der Waals surface area contributed by atoms with E-state index in [1.54, 1.807) is 0 Å². The van der Waals surface area contributed by atoms with Gasteiger partial charge in [-0.15, -0.1) is 11.8 Å². The van der Waals surface area contributed by atoms with Gasteiger partial charge in [-0.1, -0.05) is 6.42 Å². The van der Waals surface area contributed by atoms with Crippen LogP contribution in [0.1, 0.15) is 47.0 Å². The molecule has 1 aliphatic heterocycles. The van der Waals surface area contributed by atoms with Crippen LogP contribution in [0.3, 0.4) is 0 Å². The van der Waals surface area contributed by atoms with E-state index in [1.165, 1.54) is 37.9 Å². The minimum atomic E-state index is -0.168. The van der Waals surface area contributed by atoms with Gasteiger partial charge in [-0.2, -0.15) is 0 Å². The Hall–Kier alpha value is -1.53. The molecule has 0 saturated carbocycles. The summed E-state index contributed by atoms with van der Waals surface area (Å²) in [7, 11) is 0. The first-order chi connectivity index (χ1) is 12.3. The summed E-state index contributed by atoms with van der Waals surface area (Å²) in [4.78, 5) is 27.0. The highest BCUT2D eigenvalue weighted by Gasteiger charge is 2.28. The summed E-state index contributed by atoms with van der Waals surface area (Å²) in [6.45, 7) is 10.7. The van der Waals surface area contributed by atoms with Crippen molar-refractivity contribution in [3.8, 4) is 0 Å². The van der Waals surface area contributed by atoms with Crippen molar-refractivity contribution in [3.05, 3.63) is 24.3 Å². The van der Waals surface area contributed by atoms with Crippen LogP contribution in [0.25, 0.3) is 0 Å². The molecule has 26 heavy (non-hydrogen) atoms. The van der Waals surface area contributed by atoms with Crippen LogP contribution in [0.2, 0.25) is 0 Å². The molecule has 2 N–H and O–H groups in total. The molecule has 0 spiro atoms. The Morgan fingerprint density at radius 1 is 1.15 bits per heavy atom. The van der Waals surface area contributed by atoms with Crippen LogP contribution in [0.15, 0.2) is 29.2 Å². The lowest BCUT2D eigenvalue weighted by Crippen LogP contribution is -2.54. The summed E-state index contributed by atoms with van der Waals surface area (Å²) in [6.07, 6.45) is 3.81. The molecule has 2 rings (SSSR count). The van der Waals surface area contributed by atoms with Crippen LogP contribution in [0.5, 0.6) is 0 Å². The number of hydrogen-bond donors (Lipinski definition) is 2. The number of hydrogen-bond acceptors (Lipinski definition) is 4. The molecule has 0 radical (unpaired) electrons. The van der Waals surface area contributed by atoms with Gasteiger partial charge in [-0.3, -0.25) is 14.5 Å². The molecule has 0 aliphatic carbocycles. The third kappa shape index (κ3) is 6.32. The number of anilines is 1. The molecule has 1 aromatic rings. The number of likely N-dealkylation sites (tertiary alicyclic amines) is 1. The summed E-state index contributed by atoms with van der Waals surface area (Å²) in [5.41, 5.74) is 0.753. The van der Waals surface area contributed by atoms with E-state index in [1.807, 2.05) is 31.2 Å². The predicted octanol–water partition coefficient (Wildman–Crippen LogP) is 3.51. The van der Waals surface area contributed by atoms with Crippen molar-refractivity contribution < 1.29 is 9.59 Å². The van der Waals surface area contributed by atoms with Gasteiger partial charge in [0.15, 0.2) is 0 Å². The van der Waals surface area contributed by atoms with E-state index in [0.717, 1.165) is 23.7 Å². The van der Waals surface area contributed by atoms with E-state index in [-0.39, 0.29) is 22.6 Å². The molecule has 1 aromatic carbocycles. The van der Waals surface area contributed by atoms with Gasteiger partial charge >= 0.3 is 0 Å². The van der Waals surface area contributed by atoms with Gasteiger partial charge in [0.25, 0.3) is 0 Å². The van der Waals surface area contributed by atoms with Crippen LogP contribution in [0, 0.1) is 0 Å². The van der Waals surface area contributed by atoms with Crippen LogP contribution in [0.4, 0.5) is 5.69 Å². The zero-order chi connectivity index (χ0) is 19.2. The van der Waals surface area contributed by atoms with Crippen molar-refractivity contribution >= 4 is 29.3 Å². The molecule has 1 heterocycles. The van der Waals surface area contributed by atoms with Gasteiger partial charge in [0, 0.05) is 29.6 Å². The maximum absolute atomic E-state index is 12.5. The smallest absolute Gasteiger partial charge is 0.233 e. The zero-order valence-electron chi connectivity index (χ0n) is 16.3. The van der Waals surface area contributed by atoms with Gasteiger partial charge in [-0.05, 0) is 71.0 Å². The first kappa shape index (κ1) is 20.8. The predicted molar refractivity (Wildman–Crippen MR) is 109 cm³/mol. The van der Waals surface area contributed by atoms with Gasteiger partial charge in [0.2, 0.25) is 11.8 Å². The number of carbonyl (C=O) groups is 2. The lowest BCUT2D eigenvalue weighted by Gasteiger charge is -2.41. The number of carbonyl (C=O) groups excluding carboxylic acids is 2. The largest absolute Gasteiger partial charge is 0.353 e. The van der Waals surface area contributed by atoms with E-state index in [0.29, 0.717) is 6.54 Å². The van der Waals surface area contributed by atoms with Gasteiger partial charge in [0.1, 0.15) is 0 Å². The molecule has 1 fully saturated rings. The number of amides is 2. The summed E-state index contributed by atoms with van der Waals surface area (Å²) in [6, 6.07) is 7.57. The van der Waals surface area contributed by atoms with Crippen molar-refractivity contribution in [1.29, 1.82) is 0 Å². The van der Waals surface area contributed by atoms with Crippen molar-refractivity contribution in [2.75, 3.05) is 25.0 Å². The number of nitrogens with one attached hydrogen (secondary N) is 2. The standard InChI is InChI=1S/C20H31N3O2S/c1-15(26-18-10-8-17(9-11-18)22-16(2)24)19(25)21-14-20(3,4)23-12-6-5-7-13-23/h8-11,15H,5-7,12-14H2,1-4H3,(H,21,25)(H,22,24). The lowest BCUT2D eigenvalue weighted by molar-refractivity contribution is -0.121. The lowest BCUT2D eigenvalue weighted by atomic mass is 9.98. The molecule has 1 atom stereocenters. The van der Waals surface area contributed by atoms with Crippen molar-refractivity contribution in [3.63, 3.8) is 0 Å².